The number of amides is 1. The van der Waals surface area contributed by atoms with Gasteiger partial charge in [-0.15, -0.1) is 0 Å². The molecule has 0 spiro atoms. The van der Waals surface area contributed by atoms with Crippen LogP contribution in [0, 0.1) is 5.92 Å². The number of hydrogen-bond acceptors (Lipinski definition) is 4. The number of nitrogens with one attached hydrogen (secondary N) is 1. The Bertz CT molecular complexity index is 744. The lowest BCUT2D eigenvalue weighted by Crippen LogP contribution is -2.30. The Kier molecular flexibility index (Phi) is 5.20. The van der Waals surface area contributed by atoms with Gasteiger partial charge in [0.2, 0.25) is 0 Å². The van der Waals surface area contributed by atoms with Crippen LogP contribution < -0.4 is 15.8 Å². The molecule has 3 N–H and O–H groups in total. The maximum Gasteiger partial charge on any atom is 0.252 e. The number of aromatic nitrogens is 2. The van der Waals surface area contributed by atoms with Crippen LogP contribution >= 0.6 is 15.9 Å². The number of carbonyl (C=O) groups excluding carboxylic acids is 1. The van der Waals surface area contributed by atoms with E-state index in [1.165, 1.54) is 5.56 Å². The van der Waals surface area contributed by atoms with Crippen LogP contribution in [0.3, 0.4) is 0 Å². The number of hydrogen-bond donors (Lipinski definition) is 2. The van der Waals surface area contributed by atoms with E-state index in [1.807, 2.05) is 10.7 Å². The largest absolute Gasteiger partial charge is 0.496 e. The van der Waals surface area contributed by atoms with E-state index in [-0.39, 0.29) is 0 Å². The molecule has 1 aromatic heterocycles. The quantitative estimate of drug-likeness (QED) is 0.788. The third kappa shape index (κ3) is 3.62. The van der Waals surface area contributed by atoms with Gasteiger partial charge in [-0.2, -0.15) is 5.10 Å². The van der Waals surface area contributed by atoms with Crippen molar-refractivity contribution in [3.05, 3.63) is 45.7 Å². The Balaban J connectivity index is 1.55. The number of carbonyl (C=O) groups is 1. The second kappa shape index (κ2) is 7.36. The highest BCUT2D eigenvalue weighted by molar-refractivity contribution is 9.10. The number of benzene rings is 1. The smallest absolute Gasteiger partial charge is 0.252 e. The molecular weight excluding hydrogens is 372 g/mol. The number of nitrogens with zero attached hydrogens (tertiary/aromatic N) is 2. The fourth-order valence-electron chi connectivity index (χ4n) is 3.12. The molecule has 0 bridgehead atoms. The molecule has 1 aromatic carbocycles. The summed E-state index contributed by atoms with van der Waals surface area (Å²) >= 11 is 3.50. The fraction of sp³-hybridized carbons (Fsp3) is 0.412. The average molecular weight is 393 g/mol. The van der Waals surface area contributed by atoms with Crippen LogP contribution in [0.2, 0.25) is 0 Å². The van der Waals surface area contributed by atoms with Gasteiger partial charge < -0.3 is 15.8 Å². The lowest BCUT2D eigenvalue weighted by Gasteiger charge is -2.24. The van der Waals surface area contributed by atoms with Gasteiger partial charge in [-0.05, 0) is 58.9 Å². The normalized spacial score (nSPS) is 16.7. The zero-order valence-electron chi connectivity index (χ0n) is 13.6. The summed E-state index contributed by atoms with van der Waals surface area (Å²) in [5.74, 6) is 0.917. The van der Waals surface area contributed by atoms with Crippen molar-refractivity contribution in [2.45, 2.75) is 25.9 Å². The average Bonchev–Trinajstić information content (AvgIpc) is 2.98. The van der Waals surface area contributed by atoms with Crippen molar-refractivity contribution in [1.29, 1.82) is 0 Å². The predicted octanol–water partition coefficient (Wildman–Crippen LogP) is 2.11. The van der Waals surface area contributed by atoms with E-state index in [0.29, 0.717) is 11.5 Å². The molecule has 1 aliphatic heterocycles. The summed E-state index contributed by atoms with van der Waals surface area (Å²) in [4.78, 5) is 11.5. The number of methoxy groups -OCH3 is 1. The zero-order chi connectivity index (χ0) is 17.1. The maximum absolute atomic E-state index is 11.5. The Labute approximate surface area is 149 Å². The van der Waals surface area contributed by atoms with Gasteiger partial charge in [-0.25, -0.2) is 0 Å². The molecule has 0 radical (unpaired) electrons. The first kappa shape index (κ1) is 17.0. The maximum atomic E-state index is 11.5. The van der Waals surface area contributed by atoms with Gasteiger partial charge in [-0.1, -0.05) is 6.07 Å². The molecule has 1 amide bonds. The van der Waals surface area contributed by atoms with Crippen LogP contribution in [0.25, 0.3) is 0 Å². The minimum atomic E-state index is -0.395. The van der Waals surface area contributed by atoms with Crippen molar-refractivity contribution in [2.75, 3.05) is 13.7 Å². The van der Waals surface area contributed by atoms with Gasteiger partial charge in [0.05, 0.1) is 29.0 Å². The van der Waals surface area contributed by atoms with E-state index >= 15 is 0 Å². The van der Waals surface area contributed by atoms with Crippen LogP contribution in [-0.4, -0.2) is 29.3 Å². The molecule has 24 heavy (non-hydrogen) atoms. The van der Waals surface area contributed by atoms with E-state index in [9.17, 15) is 4.79 Å². The molecular formula is C17H21BrN4O2. The van der Waals surface area contributed by atoms with Gasteiger partial charge in [0.15, 0.2) is 0 Å². The summed E-state index contributed by atoms with van der Waals surface area (Å²) in [6.45, 7) is 2.52. The second-order valence-electron chi connectivity index (χ2n) is 6.05. The van der Waals surface area contributed by atoms with Crippen molar-refractivity contribution < 1.29 is 9.53 Å². The van der Waals surface area contributed by atoms with Gasteiger partial charge in [0.25, 0.3) is 5.91 Å². The molecule has 1 aliphatic rings. The molecule has 1 atom stereocenters. The molecule has 0 saturated carbocycles. The van der Waals surface area contributed by atoms with Crippen LogP contribution in [0.4, 0.5) is 0 Å². The molecule has 0 aliphatic carbocycles. The third-order valence-corrected chi connectivity index (χ3v) is 5.04. The first-order valence-corrected chi connectivity index (χ1v) is 8.75. The Morgan fingerprint density at radius 1 is 1.54 bits per heavy atom. The fourth-order valence-corrected chi connectivity index (χ4v) is 3.71. The number of rotatable bonds is 6. The highest BCUT2D eigenvalue weighted by atomic mass is 79.9. The summed E-state index contributed by atoms with van der Waals surface area (Å²) < 4.78 is 8.10. The van der Waals surface area contributed by atoms with Crippen LogP contribution in [0.5, 0.6) is 5.75 Å². The molecule has 7 heteroatoms. The highest BCUT2D eigenvalue weighted by Gasteiger charge is 2.23. The van der Waals surface area contributed by atoms with Gasteiger partial charge in [0, 0.05) is 13.1 Å². The lowest BCUT2D eigenvalue weighted by atomic mass is 9.94. The zero-order valence-corrected chi connectivity index (χ0v) is 15.2. The number of fused-ring (bicyclic) bond motifs is 1. The molecule has 3 rings (SSSR count). The summed E-state index contributed by atoms with van der Waals surface area (Å²) in [5, 5.41) is 7.74. The summed E-state index contributed by atoms with van der Waals surface area (Å²) in [6.07, 6.45) is 3.46. The monoisotopic (exact) mass is 392 g/mol. The van der Waals surface area contributed by atoms with E-state index < -0.39 is 5.91 Å². The Morgan fingerprint density at radius 2 is 2.38 bits per heavy atom. The van der Waals surface area contributed by atoms with Gasteiger partial charge in [-0.3, -0.25) is 9.48 Å². The molecule has 0 fully saturated rings. The van der Waals surface area contributed by atoms with E-state index in [1.54, 1.807) is 13.3 Å². The Hall–Kier alpha value is -1.86. The molecule has 0 saturated heterocycles. The van der Waals surface area contributed by atoms with Crippen molar-refractivity contribution >= 4 is 21.8 Å². The number of ether oxygens (including phenoxy) is 1. The van der Waals surface area contributed by atoms with Crippen molar-refractivity contribution in [3.8, 4) is 5.75 Å². The van der Waals surface area contributed by atoms with Crippen molar-refractivity contribution in [1.82, 2.24) is 15.1 Å². The van der Waals surface area contributed by atoms with E-state index in [4.69, 9.17) is 10.5 Å². The van der Waals surface area contributed by atoms with Crippen molar-refractivity contribution in [3.63, 3.8) is 0 Å². The predicted molar refractivity (Wildman–Crippen MR) is 95.0 cm³/mol. The van der Waals surface area contributed by atoms with Crippen LogP contribution in [-0.2, 0) is 19.5 Å². The van der Waals surface area contributed by atoms with E-state index in [2.05, 4.69) is 38.5 Å². The van der Waals surface area contributed by atoms with E-state index in [0.717, 1.165) is 48.4 Å². The number of nitrogens with two attached hydrogens (primary N) is 1. The lowest BCUT2D eigenvalue weighted by molar-refractivity contribution is 0.0998. The minimum absolute atomic E-state index is 0.395. The Morgan fingerprint density at radius 3 is 3.08 bits per heavy atom. The SMILES string of the molecule is COc1ccc(CNC[C@@H]2CCn3ncc(C(N)=O)c3C2)cc1Br. The number of aryl methyl sites for hydroxylation is 1. The molecule has 0 unspecified atom stereocenters. The first-order chi connectivity index (χ1) is 11.6. The topological polar surface area (TPSA) is 82.2 Å². The first-order valence-electron chi connectivity index (χ1n) is 7.96. The molecule has 2 heterocycles. The number of primary amides is 1. The minimum Gasteiger partial charge on any atom is -0.496 e. The van der Waals surface area contributed by atoms with Gasteiger partial charge >= 0.3 is 0 Å². The highest BCUT2D eigenvalue weighted by Crippen LogP contribution is 2.26. The summed E-state index contributed by atoms with van der Waals surface area (Å²) in [6, 6.07) is 6.07. The molecule has 2 aromatic rings. The third-order valence-electron chi connectivity index (χ3n) is 4.42. The number of halogens is 1. The van der Waals surface area contributed by atoms with Crippen LogP contribution in [0.1, 0.15) is 28.0 Å². The van der Waals surface area contributed by atoms with Crippen LogP contribution in [0.15, 0.2) is 28.9 Å². The van der Waals surface area contributed by atoms with Crippen molar-refractivity contribution in [2.24, 2.45) is 11.7 Å². The molecule has 6 nitrogen and oxygen atoms in total. The van der Waals surface area contributed by atoms with Gasteiger partial charge in [0.1, 0.15) is 5.75 Å². The summed E-state index contributed by atoms with van der Waals surface area (Å²) in [5.41, 5.74) is 8.13. The molecule has 128 valence electrons. The standard InChI is InChI=1S/C17H21BrN4O2/c1-24-16-3-2-11(6-14(16)18)8-20-9-12-4-5-22-15(7-12)13(10-21-22)17(19)23/h2-3,6,10,12,20H,4-5,7-9H2,1H3,(H2,19,23)/t12-/m1/s1. The second-order valence-corrected chi connectivity index (χ2v) is 6.91. The summed E-state index contributed by atoms with van der Waals surface area (Å²) in [7, 11) is 1.66.